The maximum atomic E-state index is 5.68. The van der Waals surface area contributed by atoms with Gasteiger partial charge in [0.1, 0.15) is 11.2 Å². The number of hydrogen-bond donors (Lipinski definition) is 0. The average molecular weight is 245 g/mol. The number of benzene rings is 1. The summed E-state index contributed by atoms with van der Waals surface area (Å²) < 4.78 is 11.4. The molecular formula is C15H19NO2. The molecule has 0 aromatic heterocycles. The van der Waals surface area contributed by atoms with Crippen LogP contribution < -0.4 is 0 Å². The van der Waals surface area contributed by atoms with Gasteiger partial charge in [-0.1, -0.05) is 30.3 Å². The fourth-order valence-corrected chi connectivity index (χ4v) is 1.50. The van der Waals surface area contributed by atoms with Crippen molar-refractivity contribution in [3.05, 3.63) is 42.1 Å². The summed E-state index contributed by atoms with van der Waals surface area (Å²) in [6, 6.07) is 9.99. The highest BCUT2D eigenvalue weighted by Crippen LogP contribution is 2.35. The van der Waals surface area contributed by atoms with Gasteiger partial charge >= 0.3 is 6.08 Å². The summed E-state index contributed by atoms with van der Waals surface area (Å²) in [5.41, 5.74) is 0.358. The predicted molar refractivity (Wildman–Crippen MR) is 73.2 cm³/mol. The highest BCUT2D eigenvalue weighted by atomic mass is 16.7. The summed E-state index contributed by atoms with van der Waals surface area (Å²) in [6.07, 6.45) is 3.94. The molecular weight excluding hydrogens is 226 g/mol. The molecule has 0 atom stereocenters. The minimum atomic E-state index is -0.369. The molecule has 1 aromatic rings. The Balaban J connectivity index is 2.07. The van der Waals surface area contributed by atoms with Crippen molar-refractivity contribution in [2.45, 2.75) is 38.9 Å². The summed E-state index contributed by atoms with van der Waals surface area (Å²) in [7, 11) is 0. The average Bonchev–Trinajstić information content (AvgIpc) is 2.49. The molecule has 1 aliphatic rings. The van der Waals surface area contributed by atoms with E-state index in [0.29, 0.717) is 6.08 Å². The Kier molecular flexibility index (Phi) is 3.16. The Morgan fingerprint density at radius 3 is 2.06 bits per heavy atom. The van der Waals surface area contributed by atoms with Crippen LogP contribution in [0, 0.1) is 0 Å². The van der Waals surface area contributed by atoms with Gasteiger partial charge in [-0.3, -0.25) is 0 Å². The molecule has 0 unspecified atom stereocenters. The zero-order valence-corrected chi connectivity index (χ0v) is 11.3. The molecule has 1 saturated heterocycles. The summed E-state index contributed by atoms with van der Waals surface area (Å²) in [5, 5.41) is 0. The SMILES string of the molecule is CC1(C)OC(=N/C=C/c2ccccc2)OC1(C)C. The zero-order chi connectivity index (χ0) is 13.2. The van der Waals surface area contributed by atoms with Gasteiger partial charge in [0, 0.05) is 6.20 Å². The van der Waals surface area contributed by atoms with E-state index >= 15 is 0 Å². The van der Waals surface area contributed by atoms with E-state index in [1.165, 1.54) is 0 Å². The van der Waals surface area contributed by atoms with Crippen LogP contribution in [-0.4, -0.2) is 17.3 Å². The lowest BCUT2D eigenvalue weighted by Crippen LogP contribution is -2.41. The van der Waals surface area contributed by atoms with Crippen molar-refractivity contribution < 1.29 is 9.47 Å². The van der Waals surface area contributed by atoms with Crippen LogP contribution >= 0.6 is 0 Å². The molecule has 0 aliphatic carbocycles. The molecule has 0 radical (unpaired) electrons. The third kappa shape index (κ3) is 2.55. The molecule has 0 spiro atoms. The Labute approximate surface area is 108 Å². The van der Waals surface area contributed by atoms with Gasteiger partial charge in [0.2, 0.25) is 0 Å². The maximum Gasteiger partial charge on any atom is 0.389 e. The minimum absolute atomic E-state index is 0.331. The molecule has 18 heavy (non-hydrogen) atoms. The van der Waals surface area contributed by atoms with Crippen LogP contribution in [0.25, 0.3) is 6.08 Å². The van der Waals surface area contributed by atoms with Crippen molar-refractivity contribution in [3.8, 4) is 0 Å². The van der Waals surface area contributed by atoms with Gasteiger partial charge < -0.3 is 9.47 Å². The van der Waals surface area contributed by atoms with Gasteiger partial charge in [-0.15, -0.1) is 0 Å². The second-order valence-electron chi connectivity index (χ2n) is 5.35. The summed E-state index contributed by atoms with van der Waals surface area (Å²) in [4.78, 5) is 4.20. The minimum Gasteiger partial charge on any atom is -0.440 e. The van der Waals surface area contributed by atoms with E-state index in [-0.39, 0.29) is 11.2 Å². The van der Waals surface area contributed by atoms with Crippen molar-refractivity contribution in [1.82, 2.24) is 0 Å². The highest BCUT2D eigenvalue weighted by molar-refractivity contribution is 5.72. The molecule has 3 nitrogen and oxygen atoms in total. The number of rotatable bonds is 2. The second kappa shape index (κ2) is 4.48. The lowest BCUT2D eigenvalue weighted by molar-refractivity contribution is 0.00578. The molecule has 2 rings (SSSR count). The topological polar surface area (TPSA) is 30.8 Å². The van der Waals surface area contributed by atoms with Gasteiger partial charge in [-0.05, 0) is 39.3 Å². The van der Waals surface area contributed by atoms with E-state index in [1.807, 2.05) is 64.1 Å². The van der Waals surface area contributed by atoms with Crippen LogP contribution in [0.2, 0.25) is 0 Å². The monoisotopic (exact) mass is 245 g/mol. The van der Waals surface area contributed by atoms with Gasteiger partial charge in [0.25, 0.3) is 0 Å². The van der Waals surface area contributed by atoms with Crippen molar-refractivity contribution >= 4 is 12.2 Å². The lowest BCUT2D eigenvalue weighted by Gasteiger charge is -2.28. The lowest BCUT2D eigenvalue weighted by atomic mass is 9.90. The molecule has 1 heterocycles. The van der Waals surface area contributed by atoms with Crippen LogP contribution in [-0.2, 0) is 9.47 Å². The summed E-state index contributed by atoms with van der Waals surface area (Å²) in [6.45, 7) is 7.99. The molecule has 0 saturated carbocycles. The van der Waals surface area contributed by atoms with Crippen molar-refractivity contribution in [1.29, 1.82) is 0 Å². The number of nitrogens with zero attached hydrogens (tertiary/aromatic N) is 1. The quantitative estimate of drug-likeness (QED) is 0.796. The first-order valence-corrected chi connectivity index (χ1v) is 6.08. The van der Waals surface area contributed by atoms with E-state index in [0.717, 1.165) is 5.56 Å². The third-order valence-electron chi connectivity index (χ3n) is 3.38. The maximum absolute atomic E-state index is 5.68. The van der Waals surface area contributed by atoms with Crippen molar-refractivity contribution in [2.75, 3.05) is 0 Å². The normalized spacial score (nSPS) is 20.6. The molecule has 3 heteroatoms. The van der Waals surface area contributed by atoms with Crippen molar-refractivity contribution in [3.63, 3.8) is 0 Å². The van der Waals surface area contributed by atoms with Crippen LogP contribution in [0.15, 0.2) is 41.5 Å². The fraction of sp³-hybridized carbons (Fsp3) is 0.400. The molecule has 0 N–H and O–H groups in total. The second-order valence-corrected chi connectivity index (χ2v) is 5.35. The van der Waals surface area contributed by atoms with Gasteiger partial charge in [-0.25, -0.2) is 0 Å². The van der Waals surface area contributed by atoms with Crippen LogP contribution in [0.4, 0.5) is 0 Å². The standard InChI is InChI=1S/C15H19NO2/c1-14(2)15(3,4)18-13(17-14)16-11-10-12-8-6-5-7-9-12/h5-11H,1-4H3/b11-10+. The highest BCUT2D eigenvalue weighted by Gasteiger charge is 2.49. The Morgan fingerprint density at radius 1 is 0.944 bits per heavy atom. The zero-order valence-electron chi connectivity index (χ0n) is 11.3. The summed E-state index contributed by atoms with van der Waals surface area (Å²) >= 11 is 0. The van der Waals surface area contributed by atoms with Gasteiger partial charge in [0.05, 0.1) is 0 Å². The molecule has 0 amide bonds. The molecule has 1 aliphatic heterocycles. The molecule has 1 fully saturated rings. The predicted octanol–water partition coefficient (Wildman–Crippen LogP) is 3.62. The van der Waals surface area contributed by atoms with Crippen LogP contribution in [0.3, 0.4) is 0 Å². The first kappa shape index (κ1) is 12.7. The number of ether oxygens (including phenoxy) is 2. The van der Waals surface area contributed by atoms with Crippen molar-refractivity contribution in [2.24, 2.45) is 4.99 Å². The summed E-state index contributed by atoms with van der Waals surface area (Å²) in [5.74, 6) is 0. The Morgan fingerprint density at radius 2 is 1.50 bits per heavy atom. The first-order chi connectivity index (χ1) is 8.41. The Bertz CT molecular complexity index is 455. The van der Waals surface area contributed by atoms with E-state index in [1.54, 1.807) is 6.20 Å². The smallest absolute Gasteiger partial charge is 0.389 e. The number of aliphatic imine (C=N–C) groups is 1. The largest absolute Gasteiger partial charge is 0.440 e. The van der Waals surface area contributed by atoms with Gasteiger partial charge in [0.15, 0.2) is 0 Å². The van der Waals surface area contributed by atoms with Crippen LogP contribution in [0.1, 0.15) is 33.3 Å². The first-order valence-electron chi connectivity index (χ1n) is 6.08. The van der Waals surface area contributed by atoms with E-state index in [9.17, 15) is 0 Å². The molecule has 0 bridgehead atoms. The van der Waals surface area contributed by atoms with E-state index in [4.69, 9.17) is 9.47 Å². The van der Waals surface area contributed by atoms with Crippen LogP contribution in [0.5, 0.6) is 0 Å². The third-order valence-corrected chi connectivity index (χ3v) is 3.38. The van der Waals surface area contributed by atoms with E-state index < -0.39 is 0 Å². The Hall–Kier alpha value is -1.77. The van der Waals surface area contributed by atoms with E-state index in [2.05, 4.69) is 4.99 Å². The fourth-order valence-electron chi connectivity index (χ4n) is 1.50. The number of hydrogen-bond acceptors (Lipinski definition) is 3. The van der Waals surface area contributed by atoms with Gasteiger partial charge in [-0.2, -0.15) is 4.99 Å². The molecule has 1 aromatic carbocycles. The molecule has 96 valence electrons.